The normalized spacial score (nSPS) is 27.6. The van der Waals surface area contributed by atoms with Crippen molar-refractivity contribution in [3.8, 4) is 0 Å². The Hall–Kier alpha value is -0.320. The number of rotatable bonds is 3. The minimum absolute atomic E-state index is 0.159. The number of hydrogen-bond acceptors (Lipinski definition) is 3. The Morgan fingerprint density at radius 1 is 1.35 bits per heavy atom. The van der Waals surface area contributed by atoms with Gasteiger partial charge in [0.15, 0.2) is 4.67 Å². The zero-order valence-corrected chi connectivity index (χ0v) is 13.7. The first-order valence-corrected chi connectivity index (χ1v) is 8.57. The van der Waals surface area contributed by atoms with Gasteiger partial charge < -0.3 is 14.5 Å². The second-order valence-electron chi connectivity index (χ2n) is 6.26. The van der Waals surface area contributed by atoms with E-state index in [1.54, 1.807) is 6.26 Å². The summed E-state index contributed by atoms with van der Waals surface area (Å²) >= 11 is 3.52. The Labute approximate surface area is 129 Å². The lowest BCUT2D eigenvalue weighted by Gasteiger charge is -2.45. The largest absolute Gasteiger partial charge is 0.457 e. The molecule has 0 amide bonds. The predicted molar refractivity (Wildman–Crippen MR) is 82.7 cm³/mol. The van der Waals surface area contributed by atoms with Crippen LogP contribution in [-0.2, 0) is 4.74 Å². The molecule has 2 aliphatic rings. The van der Waals surface area contributed by atoms with Crippen LogP contribution in [0.4, 0.5) is 0 Å². The van der Waals surface area contributed by atoms with Crippen LogP contribution in [0.15, 0.2) is 21.4 Å². The molecule has 20 heavy (non-hydrogen) atoms. The summed E-state index contributed by atoms with van der Waals surface area (Å²) in [5.74, 6) is 0.626. The molecule has 1 N–H and O–H groups in total. The predicted octanol–water partition coefficient (Wildman–Crippen LogP) is 4.43. The molecular weight excluding hydrogens is 318 g/mol. The van der Waals surface area contributed by atoms with E-state index in [4.69, 9.17) is 9.15 Å². The molecule has 2 heterocycles. The monoisotopic (exact) mass is 341 g/mol. The maximum absolute atomic E-state index is 6.22. The first kappa shape index (κ1) is 14.6. The van der Waals surface area contributed by atoms with Gasteiger partial charge >= 0.3 is 0 Å². The summed E-state index contributed by atoms with van der Waals surface area (Å²) in [5.41, 5.74) is 1.40. The van der Waals surface area contributed by atoms with Crippen LogP contribution in [0.3, 0.4) is 0 Å². The van der Waals surface area contributed by atoms with Crippen LogP contribution in [0, 0.1) is 5.92 Å². The van der Waals surface area contributed by atoms with Gasteiger partial charge in [-0.05, 0) is 60.6 Å². The second kappa shape index (κ2) is 6.20. The van der Waals surface area contributed by atoms with Gasteiger partial charge in [-0.1, -0.05) is 19.3 Å². The zero-order chi connectivity index (χ0) is 14.0. The maximum atomic E-state index is 6.22. The second-order valence-corrected chi connectivity index (χ2v) is 6.98. The number of furan rings is 1. The van der Waals surface area contributed by atoms with Gasteiger partial charge in [0.05, 0.1) is 11.9 Å². The van der Waals surface area contributed by atoms with Crippen LogP contribution in [0.5, 0.6) is 0 Å². The molecule has 1 saturated heterocycles. The highest BCUT2D eigenvalue weighted by Gasteiger charge is 2.41. The molecular formula is C16H24BrNO2. The number of ether oxygens (including phenoxy) is 1. The third kappa shape index (κ3) is 2.83. The first-order valence-electron chi connectivity index (χ1n) is 7.78. The first-order chi connectivity index (χ1) is 9.74. The molecule has 0 radical (unpaired) electrons. The molecule has 0 bridgehead atoms. The Morgan fingerprint density at radius 2 is 2.15 bits per heavy atom. The maximum Gasteiger partial charge on any atom is 0.173 e. The molecule has 1 saturated carbocycles. The van der Waals surface area contributed by atoms with E-state index < -0.39 is 0 Å². The third-order valence-electron chi connectivity index (χ3n) is 5.06. The molecule has 112 valence electrons. The van der Waals surface area contributed by atoms with Crippen molar-refractivity contribution in [2.45, 2.75) is 56.6 Å². The smallest absolute Gasteiger partial charge is 0.173 e. The lowest BCUT2D eigenvalue weighted by molar-refractivity contribution is -0.121. The zero-order valence-electron chi connectivity index (χ0n) is 12.2. The molecule has 2 atom stereocenters. The summed E-state index contributed by atoms with van der Waals surface area (Å²) in [7, 11) is 2.05. The molecule has 1 aromatic heterocycles. The topological polar surface area (TPSA) is 34.4 Å². The Kier molecular flexibility index (Phi) is 4.53. The highest BCUT2D eigenvalue weighted by Crippen LogP contribution is 2.45. The lowest BCUT2D eigenvalue weighted by Crippen LogP contribution is -2.44. The summed E-state index contributed by atoms with van der Waals surface area (Å²) in [6.07, 6.45) is 10.6. The molecule has 2 fully saturated rings. The van der Waals surface area contributed by atoms with E-state index in [-0.39, 0.29) is 5.60 Å². The van der Waals surface area contributed by atoms with E-state index in [1.165, 1.54) is 44.1 Å². The summed E-state index contributed by atoms with van der Waals surface area (Å²) in [4.78, 5) is 0. The quantitative estimate of drug-likeness (QED) is 0.882. The number of hydrogen-bond donors (Lipinski definition) is 1. The van der Waals surface area contributed by atoms with E-state index >= 15 is 0 Å². The van der Waals surface area contributed by atoms with Gasteiger partial charge in [-0.25, -0.2) is 0 Å². The average Bonchev–Trinajstić information content (AvgIpc) is 2.87. The molecule has 1 spiro atoms. The Morgan fingerprint density at radius 3 is 2.80 bits per heavy atom. The van der Waals surface area contributed by atoms with Gasteiger partial charge in [-0.3, -0.25) is 0 Å². The Balaban J connectivity index is 1.76. The van der Waals surface area contributed by atoms with Gasteiger partial charge in [0, 0.05) is 18.2 Å². The van der Waals surface area contributed by atoms with Gasteiger partial charge in [-0.15, -0.1) is 0 Å². The minimum atomic E-state index is 0.159. The fourth-order valence-electron chi connectivity index (χ4n) is 4.07. The van der Waals surface area contributed by atoms with E-state index in [0.29, 0.717) is 12.0 Å². The van der Waals surface area contributed by atoms with Crippen LogP contribution in [0.25, 0.3) is 0 Å². The fourth-order valence-corrected chi connectivity index (χ4v) is 4.55. The summed E-state index contributed by atoms with van der Waals surface area (Å²) in [6, 6.07) is 2.43. The average molecular weight is 342 g/mol. The van der Waals surface area contributed by atoms with Crippen molar-refractivity contribution < 1.29 is 9.15 Å². The highest BCUT2D eigenvalue weighted by atomic mass is 79.9. The van der Waals surface area contributed by atoms with Crippen LogP contribution >= 0.6 is 15.9 Å². The summed E-state index contributed by atoms with van der Waals surface area (Å²) in [6.45, 7) is 0.901. The lowest BCUT2D eigenvalue weighted by atomic mass is 9.73. The molecule has 2 unspecified atom stereocenters. The van der Waals surface area contributed by atoms with Crippen LogP contribution in [0.2, 0.25) is 0 Å². The molecule has 1 aromatic rings. The van der Waals surface area contributed by atoms with Crippen molar-refractivity contribution >= 4 is 15.9 Å². The van der Waals surface area contributed by atoms with Crippen molar-refractivity contribution in [2.24, 2.45) is 5.92 Å². The molecule has 1 aliphatic heterocycles. The number of halogens is 1. The van der Waals surface area contributed by atoms with Crippen molar-refractivity contribution in [2.75, 3.05) is 13.7 Å². The summed E-state index contributed by atoms with van der Waals surface area (Å²) in [5, 5.41) is 3.49. The highest BCUT2D eigenvalue weighted by molar-refractivity contribution is 9.10. The van der Waals surface area contributed by atoms with E-state index in [1.807, 2.05) is 7.05 Å². The molecule has 1 aliphatic carbocycles. The Bertz CT molecular complexity index is 434. The number of nitrogens with one attached hydrogen (secondary N) is 1. The van der Waals surface area contributed by atoms with Crippen molar-refractivity contribution in [1.29, 1.82) is 0 Å². The molecule has 4 heteroatoms. The van der Waals surface area contributed by atoms with Gasteiger partial charge in [0.1, 0.15) is 0 Å². The summed E-state index contributed by atoms with van der Waals surface area (Å²) < 4.78 is 12.5. The van der Waals surface area contributed by atoms with Gasteiger partial charge in [0.2, 0.25) is 0 Å². The standard InChI is InChI=1S/C16H24BrNO2/c1-18-14(13-6-9-19-15(13)17)12-5-10-20-16(11-12)7-3-2-4-8-16/h6,9,12,14,18H,2-5,7-8,10-11H2,1H3. The van der Waals surface area contributed by atoms with Crippen LogP contribution in [0.1, 0.15) is 56.6 Å². The van der Waals surface area contributed by atoms with Crippen LogP contribution < -0.4 is 5.32 Å². The van der Waals surface area contributed by atoms with Crippen LogP contribution in [-0.4, -0.2) is 19.3 Å². The van der Waals surface area contributed by atoms with Crippen molar-refractivity contribution in [1.82, 2.24) is 5.32 Å². The minimum Gasteiger partial charge on any atom is -0.457 e. The SMILES string of the molecule is CNC(c1ccoc1Br)C1CCOC2(CCCCC2)C1. The van der Waals surface area contributed by atoms with Gasteiger partial charge in [0.25, 0.3) is 0 Å². The molecule has 3 nitrogen and oxygen atoms in total. The fraction of sp³-hybridized carbons (Fsp3) is 0.750. The molecule has 0 aromatic carbocycles. The van der Waals surface area contributed by atoms with E-state index in [9.17, 15) is 0 Å². The third-order valence-corrected chi connectivity index (χ3v) is 5.70. The van der Waals surface area contributed by atoms with E-state index in [0.717, 1.165) is 17.7 Å². The van der Waals surface area contributed by atoms with Crippen molar-refractivity contribution in [3.05, 3.63) is 22.6 Å². The van der Waals surface area contributed by atoms with Gasteiger partial charge in [-0.2, -0.15) is 0 Å². The van der Waals surface area contributed by atoms with E-state index in [2.05, 4.69) is 27.3 Å². The van der Waals surface area contributed by atoms with Crippen molar-refractivity contribution in [3.63, 3.8) is 0 Å². The molecule has 3 rings (SSSR count).